The smallest absolute Gasteiger partial charge is 0.414 e. The molecule has 0 aliphatic rings. The lowest BCUT2D eigenvalue weighted by atomic mass is 9.88. The highest BCUT2D eigenvalue weighted by molar-refractivity contribution is 7.96. The molecule has 4 nitrogen and oxygen atoms in total. The molecule has 1 atom stereocenters. The molecule has 0 aromatic heterocycles. The number of aliphatic hydroxyl groups is 1. The Balaban J connectivity index is 0.00000436. The number of benzene rings is 1. The van der Waals surface area contributed by atoms with Crippen molar-refractivity contribution in [3.63, 3.8) is 0 Å². The van der Waals surface area contributed by atoms with Crippen LogP contribution in [-0.4, -0.2) is 37.4 Å². The van der Waals surface area contributed by atoms with Crippen molar-refractivity contribution < 1.29 is 44.4 Å². The van der Waals surface area contributed by atoms with Gasteiger partial charge in [-0.25, -0.2) is 4.21 Å². The van der Waals surface area contributed by atoms with Crippen LogP contribution in [0.4, 0.5) is 26.3 Å². The van der Waals surface area contributed by atoms with Crippen molar-refractivity contribution in [1.29, 1.82) is 0 Å². The fourth-order valence-corrected chi connectivity index (χ4v) is 3.44. The molecule has 1 rings (SSSR count). The lowest BCUT2D eigenvalue weighted by molar-refractivity contribution is -0.241. The van der Waals surface area contributed by atoms with Gasteiger partial charge in [0.15, 0.2) is 0 Å². The van der Waals surface area contributed by atoms with Crippen molar-refractivity contribution in [2.75, 3.05) is 7.11 Å². The number of aliphatic hydroxyl groups excluding tert-OH is 1. The topological polar surface area (TPSA) is 66.8 Å². The predicted molar refractivity (Wildman–Crippen MR) is 111 cm³/mol. The minimum absolute atomic E-state index is 0.0932. The number of halogens is 6. The molecule has 0 fully saturated rings. The van der Waals surface area contributed by atoms with Crippen LogP contribution < -0.4 is 4.18 Å². The van der Waals surface area contributed by atoms with Crippen molar-refractivity contribution >= 4 is 23.1 Å². The van der Waals surface area contributed by atoms with E-state index in [1.807, 2.05) is 13.8 Å². The summed E-state index contributed by atoms with van der Waals surface area (Å²) in [6, 6.07) is 3.40. The van der Waals surface area contributed by atoms with Crippen LogP contribution in [0.25, 0.3) is 0 Å². The number of rotatable bonds is 9. The number of hydrogen-bond donors (Lipinski definition) is 2. The lowest BCUT2D eigenvalue weighted by Crippen LogP contribution is -2.54. The molecule has 0 aliphatic heterocycles. The maximum absolute atomic E-state index is 14.0. The van der Waals surface area contributed by atoms with E-state index in [0.29, 0.717) is 11.1 Å². The van der Waals surface area contributed by atoms with Gasteiger partial charge in [-0.2, -0.15) is 26.3 Å². The van der Waals surface area contributed by atoms with Gasteiger partial charge < -0.3 is 13.8 Å². The molecule has 182 valence electrons. The molecule has 12 heteroatoms. The highest BCUT2D eigenvalue weighted by Gasteiger charge is 2.76. The molecule has 1 unspecified atom stereocenters. The minimum atomic E-state index is -6.13. The van der Waals surface area contributed by atoms with Gasteiger partial charge in [-0.05, 0) is 34.4 Å². The zero-order valence-corrected chi connectivity index (χ0v) is 19.8. The quantitative estimate of drug-likeness (QED) is 0.224. The van der Waals surface area contributed by atoms with E-state index >= 15 is 0 Å². The minimum Gasteiger partial charge on any atom is -0.419 e. The first-order valence-electron chi connectivity index (χ1n) is 9.19. The first kappa shape index (κ1) is 30.0. The van der Waals surface area contributed by atoms with Gasteiger partial charge in [0.25, 0.3) is 0 Å². The van der Waals surface area contributed by atoms with Crippen LogP contribution in [0.3, 0.4) is 0 Å². The number of hydrogen-bond acceptors (Lipinski definition) is 4. The van der Waals surface area contributed by atoms with E-state index < -0.39 is 39.6 Å². The van der Waals surface area contributed by atoms with Gasteiger partial charge in [-0.1, -0.05) is 53.7 Å². The summed E-state index contributed by atoms with van der Waals surface area (Å²) in [4.78, 5) is 0. The van der Waals surface area contributed by atoms with Crippen LogP contribution in [-0.2, 0) is 11.1 Å². The Hall–Kier alpha value is -0.980. The van der Waals surface area contributed by atoms with Crippen molar-refractivity contribution in [2.24, 2.45) is 0 Å². The normalized spacial score (nSPS) is 14.0. The Kier molecular flexibility index (Phi) is 10.9. The van der Waals surface area contributed by atoms with Gasteiger partial charge in [0.1, 0.15) is 17.8 Å². The van der Waals surface area contributed by atoms with E-state index in [9.17, 15) is 30.6 Å². The summed E-state index contributed by atoms with van der Waals surface area (Å²) in [5, 5.41) is -4.34. The van der Waals surface area contributed by atoms with Gasteiger partial charge in [0, 0.05) is 7.11 Å². The van der Waals surface area contributed by atoms with Gasteiger partial charge >= 0.3 is 16.4 Å². The van der Waals surface area contributed by atoms with Crippen molar-refractivity contribution in [3.05, 3.63) is 28.8 Å². The van der Waals surface area contributed by atoms with Crippen molar-refractivity contribution in [2.45, 2.75) is 75.7 Å². The second-order valence-electron chi connectivity index (χ2n) is 7.52. The summed E-state index contributed by atoms with van der Waals surface area (Å²) in [7, 11) is 1.00. The van der Waals surface area contributed by atoms with Crippen LogP contribution in [0.5, 0.6) is 5.75 Å². The van der Waals surface area contributed by atoms with E-state index in [1.165, 1.54) is 0 Å². The fourth-order valence-electron chi connectivity index (χ4n) is 2.41. The summed E-state index contributed by atoms with van der Waals surface area (Å²) in [6.45, 7) is 10.8. The zero-order valence-electron chi connectivity index (χ0n) is 18.2. The monoisotopic (exact) mass is 498 g/mol. The molecule has 0 aliphatic carbocycles. The second kappa shape index (κ2) is 11.2. The Morgan fingerprint density at radius 3 is 1.55 bits per heavy atom. The van der Waals surface area contributed by atoms with E-state index in [1.54, 1.807) is 39.8 Å². The fraction of sp³-hybridized carbons (Fsp3) is 0.684. The van der Waals surface area contributed by atoms with E-state index in [-0.39, 0.29) is 23.5 Å². The molecule has 0 saturated heterocycles. The lowest BCUT2D eigenvalue weighted by Gasteiger charge is -2.30. The average molecular weight is 499 g/mol. The summed E-state index contributed by atoms with van der Waals surface area (Å²) in [6.07, 6.45) is 0. The second-order valence-corrected chi connectivity index (χ2v) is 9.37. The maximum atomic E-state index is 14.0. The SMILES string of the molecule is CC(C)c1cc(C(C)C)c(OSC(F)(F)C(F)(F)C(F)(F)S(=O)O)c(C(C)C)c1.CO. The van der Waals surface area contributed by atoms with Crippen molar-refractivity contribution in [3.8, 4) is 5.75 Å². The molecule has 0 bridgehead atoms. The Bertz CT molecular complexity index is 726. The van der Waals surface area contributed by atoms with E-state index in [2.05, 4.69) is 0 Å². The molecule has 0 saturated carbocycles. The third-order valence-corrected chi connectivity index (χ3v) is 5.67. The molecule has 0 amide bonds. The van der Waals surface area contributed by atoms with Gasteiger partial charge in [0.2, 0.25) is 11.1 Å². The first-order valence-corrected chi connectivity index (χ1v) is 11.0. The standard InChI is InChI=1S/C18H24F6O3S2.CH4O/c1-9(2)12-7-13(10(3)4)15(14(8-12)11(5)6)27-28-17(21,22)16(19,20)18(23,24)29(25)26;1-2/h7-11H,1-6H3,(H,25,26);2H,1H3. The highest BCUT2D eigenvalue weighted by atomic mass is 32.2. The third kappa shape index (κ3) is 6.52. The summed E-state index contributed by atoms with van der Waals surface area (Å²) >= 11 is -5.65. The van der Waals surface area contributed by atoms with Crippen LogP contribution >= 0.6 is 12.0 Å². The van der Waals surface area contributed by atoms with E-state index in [0.717, 1.165) is 12.7 Å². The molecule has 0 heterocycles. The Morgan fingerprint density at radius 1 is 0.871 bits per heavy atom. The first-order chi connectivity index (χ1) is 14.0. The maximum Gasteiger partial charge on any atom is 0.414 e. The van der Waals surface area contributed by atoms with Gasteiger partial charge in [-0.3, -0.25) is 0 Å². The third-order valence-electron chi connectivity index (χ3n) is 4.26. The van der Waals surface area contributed by atoms with Crippen LogP contribution in [0, 0.1) is 0 Å². The average Bonchev–Trinajstić information content (AvgIpc) is 2.66. The molecule has 0 radical (unpaired) electrons. The summed E-state index contributed by atoms with van der Waals surface area (Å²) in [5.41, 5.74) is 1.81. The van der Waals surface area contributed by atoms with Crippen LogP contribution in [0.15, 0.2) is 12.1 Å². The predicted octanol–water partition coefficient (Wildman–Crippen LogP) is 6.73. The molecular formula is C19H28F6O4S2. The van der Waals surface area contributed by atoms with Gasteiger partial charge in [0.05, 0.1) is 0 Å². The Morgan fingerprint density at radius 2 is 1.26 bits per heavy atom. The van der Waals surface area contributed by atoms with Crippen molar-refractivity contribution in [1.82, 2.24) is 0 Å². The highest BCUT2D eigenvalue weighted by Crippen LogP contribution is 2.53. The largest absolute Gasteiger partial charge is 0.419 e. The van der Waals surface area contributed by atoms with E-state index in [4.69, 9.17) is 13.8 Å². The molecule has 31 heavy (non-hydrogen) atoms. The number of alkyl halides is 6. The molecule has 0 spiro atoms. The Labute approximate surface area is 185 Å². The summed E-state index contributed by atoms with van der Waals surface area (Å²) < 4.78 is 106. The zero-order chi connectivity index (χ0) is 24.9. The van der Waals surface area contributed by atoms with Gasteiger partial charge in [-0.15, -0.1) is 0 Å². The van der Waals surface area contributed by atoms with Crippen LogP contribution in [0.1, 0.15) is 76.0 Å². The molecular weight excluding hydrogens is 470 g/mol. The molecule has 1 aromatic rings. The summed E-state index contributed by atoms with van der Waals surface area (Å²) in [5.74, 6) is -6.60. The molecule has 1 aromatic carbocycles. The molecule has 2 N–H and O–H groups in total. The van der Waals surface area contributed by atoms with Crippen LogP contribution in [0.2, 0.25) is 0 Å².